The number of rotatable bonds is 0. The van der Waals surface area contributed by atoms with Gasteiger partial charge in [0.15, 0.2) is 0 Å². The van der Waals surface area contributed by atoms with E-state index in [0.29, 0.717) is 18.4 Å². The highest BCUT2D eigenvalue weighted by Gasteiger charge is 2.35. The predicted octanol–water partition coefficient (Wildman–Crippen LogP) is 2.43. The van der Waals surface area contributed by atoms with Gasteiger partial charge >= 0.3 is 0 Å². The number of fused-ring (bicyclic) bond motifs is 1. The van der Waals surface area contributed by atoms with Crippen LogP contribution >= 0.6 is 0 Å². The minimum Gasteiger partial charge on any atom is -0.305 e. The fourth-order valence-electron chi connectivity index (χ4n) is 2.44. The first-order valence-corrected chi connectivity index (χ1v) is 5.17. The van der Waals surface area contributed by atoms with Gasteiger partial charge in [-0.1, -0.05) is 12.2 Å². The number of hydrogen-bond acceptors (Lipinski definition) is 1. The maximum Gasteiger partial charge on any atom is 0.119 e. The Morgan fingerprint density at radius 1 is 1.38 bits per heavy atom. The molecular formula is C11H18FN. The molecule has 3 atom stereocenters. The van der Waals surface area contributed by atoms with E-state index < -0.39 is 6.17 Å². The van der Waals surface area contributed by atoms with Gasteiger partial charge in [-0.25, -0.2) is 4.39 Å². The van der Waals surface area contributed by atoms with Crippen molar-refractivity contribution in [3.05, 3.63) is 12.2 Å². The molecule has 1 N–H and O–H groups in total. The molecule has 0 aromatic heterocycles. The molecule has 2 aliphatic rings. The van der Waals surface area contributed by atoms with E-state index >= 15 is 0 Å². The van der Waals surface area contributed by atoms with Crippen molar-refractivity contribution in [2.24, 2.45) is 5.92 Å². The molecule has 0 radical (unpaired) electrons. The SMILES string of the molecule is CC1(C)CCC2CC(F)C=CC2N1. The smallest absolute Gasteiger partial charge is 0.119 e. The maximum absolute atomic E-state index is 13.0. The fraction of sp³-hybridized carbons (Fsp3) is 0.818. The van der Waals surface area contributed by atoms with Crippen LogP contribution in [0.15, 0.2) is 12.2 Å². The highest BCUT2D eigenvalue weighted by molar-refractivity contribution is 5.10. The van der Waals surface area contributed by atoms with Gasteiger partial charge < -0.3 is 5.32 Å². The van der Waals surface area contributed by atoms with Crippen molar-refractivity contribution in [3.63, 3.8) is 0 Å². The molecule has 13 heavy (non-hydrogen) atoms. The highest BCUT2D eigenvalue weighted by Crippen LogP contribution is 2.33. The lowest BCUT2D eigenvalue weighted by Gasteiger charge is -2.43. The van der Waals surface area contributed by atoms with Gasteiger partial charge in [0.05, 0.1) is 0 Å². The maximum atomic E-state index is 13.0. The Balaban J connectivity index is 2.08. The molecule has 0 bridgehead atoms. The summed E-state index contributed by atoms with van der Waals surface area (Å²) in [5.74, 6) is 0.521. The van der Waals surface area contributed by atoms with Crippen LogP contribution in [0.2, 0.25) is 0 Å². The van der Waals surface area contributed by atoms with E-state index in [-0.39, 0.29) is 5.54 Å². The first-order chi connectivity index (χ1) is 6.07. The number of allylic oxidation sites excluding steroid dienone is 1. The summed E-state index contributed by atoms with van der Waals surface area (Å²) >= 11 is 0. The van der Waals surface area contributed by atoms with E-state index in [0.717, 1.165) is 12.8 Å². The zero-order chi connectivity index (χ0) is 9.47. The molecule has 1 aliphatic heterocycles. The molecule has 1 heterocycles. The summed E-state index contributed by atoms with van der Waals surface area (Å²) in [5.41, 5.74) is 0.231. The number of nitrogens with one attached hydrogen (secondary N) is 1. The molecule has 1 saturated heterocycles. The lowest BCUT2D eigenvalue weighted by Crippen LogP contribution is -2.54. The third-order valence-corrected chi connectivity index (χ3v) is 3.26. The van der Waals surface area contributed by atoms with Crippen LogP contribution in [0.25, 0.3) is 0 Å². The lowest BCUT2D eigenvalue weighted by molar-refractivity contribution is 0.162. The van der Waals surface area contributed by atoms with Gasteiger partial charge in [0.1, 0.15) is 6.17 Å². The van der Waals surface area contributed by atoms with E-state index in [1.165, 1.54) is 0 Å². The van der Waals surface area contributed by atoms with Crippen molar-refractivity contribution < 1.29 is 4.39 Å². The Labute approximate surface area is 79.4 Å². The van der Waals surface area contributed by atoms with Crippen molar-refractivity contribution in [3.8, 4) is 0 Å². The Morgan fingerprint density at radius 3 is 2.92 bits per heavy atom. The first-order valence-electron chi connectivity index (χ1n) is 5.17. The minimum absolute atomic E-state index is 0.231. The summed E-state index contributed by atoms with van der Waals surface area (Å²) < 4.78 is 13.0. The highest BCUT2D eigenvalue weighted by atomic mass is 19.1. The quantitative estimate of drug-likeness (QED) is 0.569. The molecule has 2 heteroatoms. The average molecular weight is 183 g/mol. The monoisotopic (exact) mass is 183 g/mol. The molecule has 74 valence electrons. The van der Waals surface area contributed by atoms with Crippen molar-refractivity contribution in [1.82, 2.24) is 5.32 Å². The van der Waals surface area contributed by atoms with Gasteiger partial charge in [0, 0.05) is 11.6 Å². The standard InChI is InChI=1S/C11H18FN/c1-11(2)6-5-8-7-9(12)3-4-10(8)13-11/h3-4,8-10,13H,5-7H2,1-2H3. The predicted molar refractivity (Wildman–Crippen MR) is 52.4 cm³/mol. The number of halogens is 1. The molecule has 1 aliphatic carbocycles. The number of hydrogen-bond donors (Lipinski definition) is 1. The molecule has 2 rings (SSSR count). The second-order valence-corrected chi connectivity index (χ2v) is 4.99. The molecule has 0 aromatic carbocycles. The summed E-state index contributed by atoms with van der Waals surface area (Å²) in [5, 5.41) is 3.56. The molecule has 0 amide bonds. The van der Waals surface area contributed by atoms with Crippen LogP contribution in [-0.2, 0) is 0 Å². The van der Waals surface area contributed by atoms with Gasteiger partial charge in [0.25, 0.3) is 0 Å². The number of alkyl halides is 1. The molecular weight excluding hydrogens is 165 g/mol. The minimum atomic E-state index is -0.704. The third kappa shape index (κ3) is 1.93. The van der Waals surface area contributed by atoms with E-state index in [9.17, 15) is 4.39 Å². The molecule has 1 fully saturated rings. The van der Waals surface area contributed by atoms with Crippen LogP contribution < -0.4 is 5.32 Å². The van der Waals surface area contributed by atoms with E-state index in [1.807, 2.05) is 6.08 Å². The number of piperidine rings is 1. The van der Waals surface area contributed by atoms with Crippen LogP contribution in [0, 0.1) is 5.92 Å². The van der Waals surface area contributed by atoms with Crippen LogP contribution in [0.3, 0.4) is 0 Å². The summed E-state index contributed by atoms with van der Waals surface area (Å²) in [6.45, 7) is 4.44. The summed E-state index contributed by atoms with van der Waals surface area (Å²) in [7, 11) is 0. The fourth-order valence-corrected chi connectivity index (χ4v) is 2.44. The Kier molecular flexibility index (Phi) is 2.18. The van der Waals surface area contributed by atoms with Gasteiger partial charge in [-0.15, -0.1) is 0 Å². The molecule has 3 unspecified atom stereocenters. The second-order valence-electron chi connectivity index (χ2n) is 4.99. The lowest BCUT2D eigenvalue weighted by atomic mass is 9.77. The van der Waals surface area contributed by atoms with Gasteiger partial charge in [0.2, 0.25) is 0 Å². The van der Waals surface area contributed by atoms with Crippen molar-refractivity contribution in [2.45, 2.75) is 50.9 Å². The van der Waals surface area contributed by atoms with E-state index in [2.05, 4.69) is 19.2 Å². The molecule has 0 aromatic rings. The molecule has 1 nitrogen and oxygen atoms in total. The largest absolute Gasteiger partial charge is 0.305 e. The Morgan fingerprint density at radius 2 is 2.15 bits per heavy atom. The summed E-state index contributed by atoms with van der Waals surface area (Å²) in [6.07, 6.45) is 6.05. The average Bonchev–Trinajstić information content (AvgIpc) is 2.05. The topological polar surface area (TPSA) is 12.0 Å². The van der Waals surface area contributed by atoms with Gasteiger partial charge in [-0.2, -0.15) is 0 Å². The van der Waals surface area contributed by atoms with Crippen molar-refractivity contribution in [1.29, 1.82) is 0 Å². The Hall–Kier alpha value is -0.370. The molecule has 0 saturated carbocycles. The van der Waals surface area contributed by atoms with Gasteiger partial charge in [-0.3, -0.25) is 0 Å². The normalized spacial score (nSPS) is 42.8. The summed E-state index contributed by atoms with van der Waals surface area (Å²) in [6, 6.07) is 0.413. The van der Waals surface area contributed by atoms with Crippen LogP contribution in [-0.4, -0.2) is 17.8 Å². The van der Waals surface area contributed by atoms with Crippen molar-refractivity contribution >= 4 is 0 Å². The second kappa shape index (κ2) is 3.09. The van der Waals surface area contributed by atoms with Gasteiger partial charge in [-0.05, 0) is 39.0 Å². The van der Waals surface area contributed by atoms with Crippen LogP contribution in [0.1, 0.15) is 33.1 Å². The van der Waals surface area contributed by atoms with E-state index in [4.69, 9.17) is 0 Å². The molecule has 0 spiro atoms. The van der Waals surface area contributed by atoms with Crippen LogP contribution in [0.4, 0.5) is 4.39 Å². The summed E-state index contributed by atoms with van der Waals surface area (Å²) in [4.78, 5) is 0. The zero-order valence-electron chi connectivity index (χ0n) is 8.39. The Bertz CT molecular complexity index is 222. The van der Waals surface area contributed by atoms with Crippen molar-refractivity contribution in [2.75, 3.05) is 0 Å². The first kappa shape index (κ1) is 9.20. The third-order valence-electron chi connectivity index (χ3n) is 3.26. The van der Waals surface area contributed by atoms with Crippen LogP contribution in [0.5, 0.6) is 0 Å². The zero-order valence-corrected chi connectivity index (χ0v) is 8.39. The van der Waals surface area contributed by atoms with E-state index in [1.54, 1.807) is 6.08 Å².